The van der Waals surface area contributed by atoms with Crippen molar-refractivity contribution in [1.29, 1.82) is 0 Å². The summed E-state index contributed by atoms with van der Waals surface area (Å²) in [7, 11) is 0. The number of nitrogens with two attached hydrogens (primary N) is 1. The summed E-state index contributed by atoms with van der Waals surface area (Å²) in [5.74, 6) is 0.588. The van der Waals surface area contributed by atoms with Crippen molar-refractivity contribution < 1.29 is 9.53 Å². The van der Waals surface area contributed by atoms with E-state index in [0.29, 0.717) is 24.9 Å². The standard InChI is InChI=1S/C12H20N4O2/c1-9(2)8-18-5-3-4-14-12(17)10-6-16-11(13)7-15-10/h6-7,9H,3-5,8H2,1-2H3,(H2,13,16)(H,14,17). The Hall–Kier alpha value is -1.69. The van der Waals surface area contributed by atoms with E-state index in [-0.39, 0.29) is 11.6 Å². The molecule has 6 nitrogen and oxygen atoms in total. The van der Waals surface area contributed by atoms with Gasteiger partial charge in [0.2, 0.25) is 0 Å². The molecule has 0 aliphatic rings. The van der Waals surface area contributed by atoms with Crippen molar-refractivity contribution in [2.45, 2.75) is 20.3 Å². The summed E-state index contributed by atoms with van der Waals surface area (Å²) >= 11 is 0. The van der Waals surface area contributed by atoms with Crippen LogP contribution in [0, 0.1) is 5.92 Å². The molecule has 0 aliphatic heterocycles. The largest absolute Gasteiger partial charge is 0.382 e. The number of carbonyl (C=O) groups excluding carboxylic acids is 1. The molecule has 0 saturated carbocycles. The topological polar surface area (TPSA) is 90.1 Å². The van der Waals surface area contributed by atoms with Gasteiger partial charge in [0.25, 0.3) is 5.91 Å². The van der Waals surface area contributed by atoms with Gasteiger partial charge in [0.15, 0.2) is 0 Å². The zero-order valence-electron chi connectivity index (χ0n) is 10.8. The third-order valence-electron chi connectivity index (χ3n) is 2.11. The van der Waals surface area contributed by atoms with E-state index in [4.69, 9.17) is 10.5 Å². The fraction of sp³-hybridized carbons (Fsp3) is 0.583. The molecule has 0 aliphatic carbocycles. The Labute approximate surface area is 107 Å². The maximum absolute atomic E-state index is 11.6. The highest BCUT2D eigenvalue weighted by molar-refractivity contribution is 5.91. The minimum absolute atomic E-state index is 0.244. The van der Waals surface area contributed by atoms with Crippen LogP contribution in [-0.2, 0) is 4.74 Å². The van der Waals surface area contributed by atoms with Gasteiger partial charge in [0.1, 0.15) is 11.5 Å². The summed E-state index contributed by atoms with van der Waals surface area (Å²) in [5.41, 5.74) is 5.65. The average molecular weight is 252 g/mol. The quantitative estimate of drug-likeness (QED) is 0.702. The van der Waals surface area contributed by atoms with E-state index in [9.17, 15) is 4.79 Å². The van der Waals surface area contributed by atoms with E-state index in [1.54, 1.807) is 0 Å². The molecule has 0 aromatic carbocycles. The van der Waals surface area contributed by atoms with E-state index in [1.807, 2.05) is 0 Å². The number of anilines is 1. The molecule has 100 valence electrons. The number of nitrogens with one attached hydrogen (secondary N) is 1. The lowest BCUT2D eigenvalue weighted by Crippen LogP contribution is -2.26. The fourth-order valence-electron chi connectivity index (χ4n) is 1.24. The third-order valence-corrected chi connectivity index (χ3v) is 2.11. The second-order valence-corrected chi connectivity index (χ2v) is 4.40. The SMILES string of the molecule is CC(C)COCCCNC(=O)c1cnc(N)cn1. The Morgan fingerprint density at radius 3 is 2.83 bits per heavy atom. The number of hydrogen-bond acceptors (Lipinski definition) is 5. The van der Waals surface area contributed by atoms with Crippen LogP contribution in [0.15, 0.2) is 12.4 Å². The number of amides is 1. The first kappa shape index (κ1) is 14.4. The Balaban J connectivity index is 2.16. The van der Waals surface area contributed by atoms with Crippen LogP contribution in [0.3, 0.4) is 0 Å². The van der Waals surface area contributed by atoms with E-state index < -0.39 is 0 Å². The van der Waals surface area contributed by atoms with Gasteiger partial charge in [-0.25, -0.2) is 9.97 Å². The van der Waals surface area contributed by atoms with Crippen molar-refractivity contribution in [3.05, 3.63) is 18.1 Å². The lowest BCUT2D eigenvalue weighted by atomic mass is 10.2. The number of hydrogen-bond donors (Lipinski definition) is 2. The van der Waals surface area contributed by atoms with Crippen molar-refractivity contribution >= 4 is 11.7 Å². The third kappa shape index (κ3) is 5.58. The molecule has 1 aromatic heterocycles. The van der Waals surface area contributed by atoms with E-state index >= 15 is 0 Å². The highest BCUT2D eigenvalue weighted by Gasteiger charge is 2.06. The molecule has 6 heteroatoms. The molecular weight excluding hydrogens is 232 g/mol. The highest BCUT2D eigenvalue weighted by atomic mass is 16.5. The van der Waals surface area contributed by atoms with Crippen LogP contribution >= 0.6 is 0 Å². The Morgan fingerprint density at radius 1 is 1.44 bits per heavy atom. The maximum atomic E-state index is 11.6. The van der Waals surface area contributed by atoms with Crippen molar-refractivity contribution in [2.24, 2.45) is 5.92 Å². The Morgan fingerprint density at radius 2 is 2.22 bits per heavy atom. The van der Waals surface area contributed by atoms with Gasteiger partial charge in [-0.15, -0.1) is 0 Å². The van der Waals surface area contributed by atoms with Gasteiger partial charge in [-0.2, -0.15) is 0 Å². The van der Waals surface area contributed by atoms with Crippen molar-refractivity contribution in [2.75, 3.05) is 25.5 Å². The van der Waals surface area contributed by atoms with Gasteiger partial charge >= 0.3 is 0 Å². The predicted octanol–water partition coefficient (Wildman–Crippen LogP) is 0.851. The number of rotatable bonds is 7. The normalized spacial score (nSPS) is 10.6. The highest BCUT2D eigenvalue weighted by Crippen LogP contribution is 1.96. The summed E-state index contributed by atoms with van der Waals surface area (Å²) in [4.78, 5) is 19.3. The monoisotopic (exact) mass is 252 g/mol. The summed E-state index contributed by atoms with van der Waals surface area (Å²) < 4.78 is 5.40. The lowest BCUT2D eigenvalue weighted by molar-refractivity contribution is 0.0920. The first-order valence-corrected chi connectivity index (χ1v) is 6.03. The van der Waals surface area contributed by atoms with Crippen LogP contribution in [0.25, 0.3) is 0 Å². The number of nitrogen functional groups attached to an aromatic ring is 1. The molecule has 0 saturated heterocycles. The lowest BCUT2D eigenvalue weighted by Gasteiger charge is -2.07. The predicted molar refractivity (Wildman–Crippen MR) is 69.1 cm³/mol. The van der Waals surface area contributed by atoms with Crippen molar-refractivity contribution in [3.63, 3.8) is 0 Å². The average Bonchev–Trinajstić information content (AvgIpc) is 2.34. The van der Waals surface area contributed by atoms with Gasteiger partial charge in [0.05, 0.1) is 12.4 Å². The van der Waals surface area contributed by atoms with Crippen molar-refractivity contribution in [1.82, 2.24) is 15.3 Å². The molecule has 1 amide bonds. The van der Waals surface area contributed by atoms with Gasteiger partial charge in [-0.05, 0) is 12.3 Å². The molecule has 3 N–H and O–H groups in total. The van der Waals surface area contributed by atoms with Crippen LogP contribution in [0.1, 0.15) is 30.8 Å². The smallest absolute Gasteiger partial charge is 0.271 e. The molecule has 1 rings (SSSR count). The zero-order valence-corrected chi connectivity index (χ0v) is 10.8. The van der Waals surface area contributed by atoms with E-state index in [0.717, 1.165) is 13.0 Å². The first-order chi connectivity index (χ1) is 8.59. The number of carbonyl (C=O) groups is 1. The van der Waals surface area contributed by atoms with Gasteiger partial charge < -0.3 is 15.8 Å². The van der Waals surface area contributed by atoms with E-state index in [1.165, 1.54) is 12.4 Å². The molecule has 18 heavy (non-hydrogen) atoms. The molecule has 1 aromatic rings. The first-order valence-electron chi connectivity index (χ1n) is 6.03. The van der Waals surface area contributed by atoms with Crippen LogP contribution in [0.4, 0.5) is 5.82 Å². The summed E-state index contributed by atoms with van der Waals surface area (Å²) in [6.07, 6.45) is 3.50. The zero-order chi connectivity index (χ0) is 13.4. The van der Waals surface area contributed by atoms with Gasteiger partial charge in [-0.1, -0.05) is 13.8 Å². The maximum Gasteiger partial charge on any atom is 0.271 e. The summed E-state index contributed by atoms with van der Waals surface area (Å²) in [6.45, 7) is 6.15. The molecule has 0 bridgehead atoms. The van der Waals surface area contributed by atoms with Gasteiger partial charge in [0, 0.05) is 19.8 Å². The molecule has 0 radical (unpaired) electrons. The minimum atomic E-state index is -0.244. The minimum Gasteiger partial charge on any atom is -0.382 e. The molecule has 0 fully saturated rings. The molecule has 0 spiro atoms. The second-order valence-electron chi connectivity index (χ2n) is 4.40. The molecule has 0 unspecified atom stereocenters. The fourth-order valence-corrected chi connectivity index (χ4v) is 1.24. The summed E-state index contributed by atoms with van der Waals surface area (Å²) in [5, 5.41) is 2.74. The van der Waals surface area contributed by atoms with Crippen molar-refractivity contribution in [3.8, 4) is 0 Å². The van der Waals surface area contributed by atoms with Crippen LogP contribution in [-0.4, -0.2) is 35.6 Å². The number of nitrogens with zero attached hydrogens (tertiary/aromatic N) is 2. The number of aromatic nitrogens is 2. The van der Waals surface area contributed by atoms with E-state index in [2.05, 4.69) is 29.1 Å². The Bertz CT molecular complexity index is 365. The second kappa shape index (κ2) is 7.60. The Kier molecular flexibility index (Phi) is 6.07. The molecule has 1 heterocycles. The number of ether oxygens (including phenoxy) is 1. The molecular formula is C12H20N4O2. The summed E-state index contributed by atoms with van der Waals surface area (Å²) in [6, 6.07) is 0. The van der Waals surface area contributed by atoms with Crippen LogP contribution < -0.4 is 11.1 Å². The van der Waals surface area contributed by atoms with Crippen LogP contribution in [0.2, 0.25) is 0 Å². The van der Waals surface area contributed by atoms with Crippen LogP contribution in [0.5, 0.6) is 0 Å². The van der Waals surface area contributed by atoms with Gasteiger partial charge in [-0.3, -0.25) is 4.79 Å². The molecule has 0 atom stereocenters.